The molecule has 1 heterocycles. The predicted molar refractivity (Wildman–Crippen MR) is 77.1 cm³/mol. The Morgan fingerprint density at radius 1 is 1.15 bits per heavy atom. The molecular weight excluding hydrogens is 252 g/mol. The number of carbonyl (C=O) groups excluding carboxylic acids is 1. The Bertz CT molecular complexity index is 614. The van der Waals surface area contributed by atoms with Gasteiger partial charge >= 0.3 is 0 Å². The van der Waals surface area contributed by atoms with Gasteiger partial charge in [0, 0.05) is 12.0 Å². The van der Waals surface area contributed by atoms with Gasteiger partial charge in [0.2, 0.25) is 0 Å². The van der Waals surface area contributed by atoms with Gasteiger partial charge in [-0.15, -0.1) is 0 Å². The second kappa shape index (κ2) is 5.30. The van der Waals surface area contributed by atoms with Gasteiger partial charge < -0.3 is 10.7 Å². The molecule has 2 unspecified atom stereocenters. The Morgan fingerprint density at radius 2 is 1.95 bits per heavy atom. The number of amides is 1. The van der Waals surface area contributed by atoms with Crippen molar-refractivity contribution >= 4 is 11.7 Å². The lowest BCUT2D eigenvalue weighted by Gasteiger charge is -2.06. The first-order valence-electron chi connectivity index (χ1n) is 6.57. The fourth-order valence-electron chi connectivity index (χ4n) is 2.31. The number of aromatic nitrogens is 1. The van der Waals surface area contributed by atoms with E-state index in [9.17, 15) is 4.79 Å². The molecule has 2 atom stereocenters. The Hall–Kier alpha value is -2.40. The number of nitrogens with two attached hydrogens (primary N) is 1. The molecule has 0 aliphatic heterocycles. The molecule has 0 radical (unpaired) electrons. The van der Waals surface area contributed by atoms with Gasteiger partial charge in [0.1, 0.15) is 11.5 Å². The Kier molecular flexibility index (Phi) is 3.35. The monoisotopic (exact) mass is 268 g/mol. The molecule has 1 aromatic heterocycles. The van der Waals surface area contributed by atoms with Crippen LogP contribution in [0.5, 0.6) is 0 Å². The first kappa shape index (κ1) is 12.6. The molecule has 0 bridgehead atoms. The molecule has 1 fully saturated rings. The molecule has 1 amide bonds. The fraction of sp³-hybridized carbons (Fsp3) is 0.200. The summed E-state index contributed by atoms with van der Waals surface area (Å²) >= 11 is 0. The van der Waals surface area contributed by atoms with Crippen molar-refractivity contribution in [2.24, 2.45) is 5.84 Å². The number of hydrazine groups is 1. The van der Waals surface area contributed by atoms with Crippen LogP contribution in [-0.4, -0.2) is 16.9 Å². The number of nitrogen functional groups attached to an aromatic ring is 1. The highest BCUT2D eigenvalue weighted by Gasteiger charge is 2.39. The maximum absolute atomic E-state index is 12.1. The summed E-state index contributed by atoms with van der Waals surface area (Å²) in [6.45, 7) is 0. The summed E-state index contributed by atoms with van der Waals surface area (Å²) in [5.41, 5.74) is 4.08. The van der Waals surface area contributed by atoms with Gasteiger partial charge in [-0.1, -0.05) is 36.4 Å². The molecule has 3 rings (SSSR count). The van der Waals surface area contributed by atoms with E-state index in [1.807, 2.05) is 18.2 Å². The number of hydrogen-bond donors (Lipinski definition) is 3. The van der Waals surface area contributed by atoms with Crippen molar-refractivity contribution in [1.29, 1.82) is 0 Å². The lowest BCUT2D eigenvalue weighted by Crippen LogP contribution is -2.27. The summed E-state index contributed by atoms with van der Waals surface area (Å²) < 4.78 is 0. The third-order valence-corrected chi connectivity index (χ3v) is 3.46. The number of hydrogen-bond acceptors (Lipinski definition) is 4. The average Bonchev–Trinajstić information content (AvgIpc) is 3.27. The van der Waals surface area contributed by atoms with Crippen molar-refractivity contribution in [3.8, 4) is 0 Å². The zero-order valence-corrected chi connectivity index (χ0v) is 10.9. The molecule has 4 N–H and O–H groups in total. The van der Waals surface area contributed by atoms with Crippen molar-refractivity contribution in [1.82, 2.24) is 10.3 Å². The van der Waals surface area contributed by atoms with Crippen LogP contribution in [0.25, 0.3) is 0 Å². The summed E-state index contributed by atoms with van der Waals surface area (Å²) in [7, 11) is 0. The minimum atomic E-state index is -0.162. The van der Waals surface area contributed by atoms with E-state index in [2.05, 4.69) is 27.9 Å². The lowest BCUT2D eigenvalue weighted by atomic mass is 10.1. The Labute approximate surface area is 117 Å². The van der Waals surface area contributed by atoms with E-state index >= 15 is 0 Å². The Balaban J connectivity index is 1.63. The van der Waals surface area contributed by atoms with Gasteiger partial charge in [0.05, 0.1) is 0 Å². The van der Waals surface area contributed by atoms with Gasteiger partial charge in [-0.2, -0.15) is 0 Å². The van der Waals surface area contributed by atoms with E-state index in [1.54, 1.807) is 18.2 Å². The van der Waals surface area contributed by atoms with Crippen LogP contribution < -0.4 is 16.6 Å². The summed E-state index contributed by atoms with van der Waals surface area (Å²) in [6, 6.07) is 15.5. The van der Waals surface area contributed by atoms with E-state index in [-0.39, 0.29) is 11.9 Å². The largest absolute Gasteiger partial charge is 0.347 e. The smallest absolute Gasteiger partial charge is 0.270 e. The lowest BCUT2D eigenvalue weighted by molar-refractivity contribution is 0.0945. The van der Waals surface area contributed by atoms with E-state index in [4.69, 9.17) is 5.84 Å². The predicted octanol–water partition coefficient (Wildman–Crippen LogP) is 1.65. The van der Waals surface area contributed by atoms with Crippen molar-refractivity contribution in [2.75, 3.05) is 5.43 Å². The second-order valence-corrected chi connectivity index (χ2v) is 4.89. The van der Waals surface area contributed by atoms with Crippen LogP contribution in [0.1, 0.15) is 28.4 Å². The first-order chi connectivity index (χ1) is 9.78. The molecule has 0 spiro atoms. The van der Waals surface area contributed by atoms with Gasteiger partial charge in [-0.3, -0.25) is 4.79 Å². The van der Waals surface area contributed by atoms with Crippen molar-refractivity contribution in [3.63, 3.8) is 0 Å². The fourth-order valence-corrected chi connectivity index (χ4v) is 2.31. The second-order valence-electron chi connectivity index (χ2n) is 4.89. The van der Waals surface area contributed by atoms with Gasteiger partial charge in [0.15, 0.2) is 0 Å². The number of pyridine rings is 1. The van der Waals surface area contributed by atoms with Crippen molar-refractivity contribution in [3.05, 3.63) is 59.8 Å². The summed E-state index contributed by atoms with van der Waals surface area (Å²) in [5, 5.41) is 3.00. The third kappa shape index (κ3) is 2.62. The van der Waals surface area contributed by atoms with Crippen LogP contribution in [0.2, 0.25) is 0 Å². The van der Waals surface area contributed by atoms with Crippen molar-refractivity contribution in [2.45, 2.75) is 18.4 Å². The molecular formula is C15H16N4O. The SMILES string of the molecule is NNc1cccc(C(=O)NC2CC2c2ccccc2)n1. The highest BCUT2D eigenvalue weighted by atomic mass is 16.2. The van der Waals surface area contributed by atoms with Crippen molar-refractivity contribution < 1.29 is 4.79 Å². The summed E-state index contributed by atoms with van der Waals surface area (Å²) in [5.74, 6) is 6.02. The summed E-state index contributed by atoms with van der Waals surface area (Å²) in [4.78, 5) is 16.2. The van der Waals surface area contributed by atoms with Crippen LogP contribution in [0.4, 0.5) is 5.82 Å². The molecule has 1 aliphatic carbocycles. The highest BCUT2D eigenvalue weighted by Crippen LogP contribution is 2.40. The maximum Gasteiger partial charge on any atom is 0.270 e. The van der Waals surface area contributed by atoms with Crippen LogP contribution in [0, 0.1) is 0 Å². The first-order valence-corrected chi connectivity index (χ1v) is 6.57. The highest BCUT2D eigenvalue weighted by molar-refractivity contribution is 5.93. The number of nitrogens with one attached hydrogen (secondary N) is 2. The number of anilines is 1. The third-order valence-electron chi connectivity index (χ3n) is 3.46. The van der Waals surface area contributed by atoms with Crippen LogP contribution in [0.3, 0.4) is 0 Å². The topological polar surface area (TPSA) is 80.0 Å². The normalized spacial score (nSPS) is 20.2. The zero-order valence-electron chi connectivity index (χ0n) is 10.9. The van der Waals surface area contributed by atoms with Gasteiger partial charge in [0.25, 0.3) is 5.91 Å². The number of carbonyl (C=O) groups is 1. The molecule has 1 aliphatic rings. The zero-order chi connectivity index (χ0) is 13.9. The minimum Gasteiger partial charge on any atom is -0.347 e. The molecule has 2 aromatic rings. The maximum atomic E-state index is 12.1. The van der Waals surface area contributed by atoms with E-state index < -0.39 is 0 Å². The molecule has 20 heavy (non-hydrogen) atoms. The van der Waals surface area contributed by atoms with E-state index in [0.29, 0.717) is 17.4 Å². The van der Waals surface area contributed by atoms with E-state index in [0.717, 1.165) is 6.42 Å². The van der Waals surface area contributed by atoms with Crippen LogP contribution in [-0.2, 0) is 0 Å². The van der Waals surface area contributed by atoms with E-state index in [1.165, 1.54) is 5.56 Å². The molecule has 102 valence electrons. The molecule has 5 heteroatoms. The van der Waals surface area contributed by atoms with Gasteiger partial charge in [-0.25, -0.2) is 10.8 Å². The molecule has 1 saturated carbocycles. The van der Waals surface area contributed by atoms with Crippen LogP contribution >= 0.6 is 0 Å². The molecule has 1 aromatic carbocycles. The number of nitrogens with zero attached hydrogens (tertiary/aromatic N) is 1. The standard InChI is InChI=1S/C15H16N4O/c16-19-14-8-4-7-12(17-14)15(20)18-13-9-11(13)10-5-2-1-3-6-10/h1-8,11,13H,9,16H2,(H,17,19)(H,18,20). The molecule has 5 nitrogen and oxygen atoms in total. The quantitative estimate of drug-likeness (QED) is 0.582. The van der Waals surface area contributed by atoms with Gasteiger partial charge in [-0.05, 0) is 24.1 Å². The number of rotatable bonds is 4. The van der Waals surface area contributed by atoms with Crippen LogP contribution in [0.15, 0.2) is 48.5 Å². The minimum absolute atomic E-state index is 0.162. The number of benzene rings is 1. The Morgan fingerprint density at radius 3 is 2.70 bits per heavy atom. The molecule has 0 saturated heterocycles. The summed E-state index contributed by atoms with van der Waals surface area (Å²) in [6.07, 6.45) is 0.977. The average molecular weight is 268 g/mol.